The highest BCUT2D eigenvalue weighted by Crippen LogP contribution is 2.32. The zero-order valence-electron chi connectivity index (χ0n) is 16.6. The molecule has 2 rings (SSSR count). The minimum atomic E-state index is -4.44. The highest BCUT2D eigenvalue weighted by atomic mass is 19.4. The monoisotopic (exact) mass is 410 g/mol. The van der Waals surface area contributed by atoms with Crippen molar-refractivity contribution in [3.05, 3.63) is 65.2 Å². The molecule has 0 bridgehead atoms. The summed E-state index contributed by atoms with van der Waals surface area (Å²) < 4.78 is 49.7. The fourth-order valence-corrected chi connectivity index (χ4v) is 2.68. The first-order valence-corrected chi connectivity index (χ1v) is 9.23. The third kappa shape index (κ3) is 7.42. The fraction of sp³-hybridized carbons (Fsp3) is 0.409. The molecule has 158 valence electrons. The van der Waals surface area contributed by atoms with Gasteiger partial charge in [0.1, 0.15) is 18.0 Å². The Morgan fingerprint density at radius 2 is 1.66 bits per heavy atom. The maximum atomic E-state index is 13.0. The van der Waals surface area contributed by atoms with Crippen LogP contribution in [-0.4, -0.2) is 16.7 Å². The largest absolute Gasteiger partial charge is 0.489 e. The van der Waals surface area contributed by atoms with Gasteiger partial charge in [0.25, 0.3) is 0 Å². The van der Waals surface area contributed by atoms with E-state index in [2.05, 4.69) is 0 Å². The van der Waals surface area contributed by atoms with Crippen molar-refractivity contribution in [2.75, 3.05) is 0 Å². The number of ether oxygens (including phenoxy) is 2. The van der Waals surface area contributed by atoms with Crippen LogP contribution in [0.3, 0.4) is 0 Å². The number of hydrogen-bond donors (Lipinski definition) is 1. The molecule has 0 spiro atoms. The van der Waals surface area contributed by atoms with Crippen LogP contribution in [0.1, 0.15) is 56.4 Å². The third-order valence-electron chi connectivity index (χ3n) is 4.02. The molecule has 4 nitrogen and oxygen atoms in total. The second-order valence-corrected chi connectivity index (χ2v) is 7.65. The molecular weight excluding hydrogens is 385 g/mol. The number of rotatable bonds is 7. The molecule has 0 fully saturated rings. The highest BCUT2D eigenvalue weighted by Gasteiger charge is 2.33. The summed E-state index contributed by atoms with van der Waals surface area (Å²) >= 11 is 0. The number of carbonyl (C=O) groups is 1. The summed E-state index contributed by atoms with van der Waals surface area (Å²) in [7, 11) is 0. The molecule has 0 saturated heterocycles. The van der Waals surface area contributed by atoms with E-state index in [1.165, 1.54) is 18.2 Å². The number of hydrogen-bond acceptors (Lipinski definition) is 4. The van der Waals surface area contributed by atoms with E-state index in [0.29, 0.717) is 11.3 Å². The Bertz CT molecular complexity index is 808. The van der Waals surface area contributed by atoms with Crippen LogP contribution in [0.4, 0.5) is 13.2 Å². The van der Waals surface area contributed by atoms with E-state index in [-0.39, 0.29) is 31.0 Å². The van der Waals surface area contributed by atoms with Crippen LogP contribution in [-0.2, 0) is 22.3 Å². The molecule has 0 saturated carbocycles. The normalized spacial score (nSPS) is 13.1. The zero-order valence-corrected chi connectivity index (χ0v) is 16.6. The van der Waals surface area contributed by atoms with Gasteiger partial charge in [0.05, 0.1) is 11.7 Å². The van der Waals surface area contributed by atoms with Gasteiger partial charge in [-0.2, -0.15) is 13.2 Å². The van der Waals surface area contributed by atoms with E-state index in [1.54, 1.807) is 45.0 Å². The Morgan fingerprint density at radius 3 is 2.24 bits per heavy atom. The van der Waals surface area contributed by atoms with Crippen molar-refractivity contribution < 1.29 is 32.5 Å². The molecule has 1 unspecified atom stereocenters. The molecular formula is C22H25F3O4. The van der Waals surface area contributed by atoms with Crippen molar-refractivity contribution >= 4 is 5.97 Å². The average molecular weight is 410 g/mol. The highest BCUT2D eigenvalue weighted by molar-refractivity contribution is 5.69. The van der Waals surface area contributed by atoms with E-state index in [1.807, 2.05) is 0 Å². The number of esters is 1. The molecule has 29 heavy (non-hydrogen) atoms. The van der Waals surface area contributed by atoms with Crippen LogP contribution in [0.2, 0.25) is 0 Å². The summed E-state index contributed by atoms with van der Waals surface area (Å²) in [6.07, 6.45) is -5.02. The van der Waals surface area contributed by atoms with Crippen molar-refractivity contribution in [1.29, 1.82) is 0 Å². The molecule has 0 heterocycles. The first-order chi connectivity index (χ1) is 13.5. The Labute approximate surface area is 168 Å². The van der Waals surface area contributed by atoms with Crippen LogP contribution in [0.15, 0.2) is 48.5 Å². The predicted octanol–water partition coefficient (Wildman–Crippen LogP) is 5.44. The summed E-state index contributed by atoms with van der Waals surface area (Å²) in [4.78, 5) is 11.7. The van der Waals surface area contributed by atoms with E-state index in [0.717, 1.165) is 6.07 Å². The standard InChI is InChI=1S/C22H25F3O4/c1-21(2,3)29-20(27)13-12-19(26)15-8-10-17(11-9-15)28-14-16-6-4-5-7-18(16)22(23,24)25/h4-11,19,26H,12-14H2,1-3H3. The Morgan fingerprint density at radius 1 is 1.03 bits per heavy atom. The van der Waals surface area contributed by atoms with Crippen molar-refractivity contribution in [1.82, 2.24) is 0 Å². The Kier molecular flexibility index (Phi) is 7.30. The molecule has 0 aromatic heterocycles. The molecule has 0 aliphatic rings. The van der Waals surface area contributed by atoms with E-state index < -0.39 is 23.4 Å². The first kappa shape index (κ1) is 22.7. The summed E-state index contributed by atoms with van der Waals surface area (Å²) in [6.45, 7) is 5.09. The Balaban J connectivity index is 1.91. The number of aliphatic hydroxyl groups excluding tert-OH is 1. The molecule has 0 aliphatic carbocycles. The van der Waals surface area contributed by atoms with Gasteiger partial charge in [-0.05, 0) is 51.0 Å². The Hall–Kier alpha value is -2.54. The summed E-state index contributed by atoms with van der Waals surface area (Å²) in [5.74, 6) is -0.00935. The molecule has 0 aliphatic heterocycles. The van der Waals surface area contributed by atoms with E-state index in [9.17, 15) is 23.1 Å². The zero-order chi connectivity index (χ0) is 21.7. The maximum absolute atomic E-state index is 13.0. The minimum absolute atomic E-state index is 0.0430. The maximum Gasteiger partial charge on any atom is 0.416 e. The summed E-state index contributed by atoms with van der Waals surface area (Å²) in [6, 6.07) is 11.6. The van der Waals surface area contributed by atoms with Crippen LogP contribution in [0, 0.1) is 0 Å². The lowest BCUT2D eigenvalue weighted by atomic mass is 10.0. The van der Waals surface area contributed by atoms with Crippen molar-refractivity contribution in [2.45, 2.75) is 58.1 Å². The smallest absolute Gasteiger partial charge is 0.416 e. The summed E-state index contributed by atoms with van der Waals surface area (Å²) in [5, 5.41) is 10.2. The molecule has 0 radical (unpaired) electrons. The van der Waals surface area contributed by atoms with Gasteiger partial charge in [0.15, 0.2) is 0 Å². The van der Waals surface area contributed by atoms with Crippen molar-refractivity contribution in [2.24, 2.45) is 0 Å². The van der Waals surface area contributed by atoms with Gasteiger partial charge >= 0.3 is 12.1 Å². The molecule has 2 aromatic rings. The second kappa shape index (κ2) is 9.31. The van der Waals surface area contributed by atoms with Crippen LogP contribution < -0.4 is 4.74 Å². The number of aliphatic hydroxyl groups is 1. The van der Waals surface area contributed by atoms with Gasteiger partial charge in [-0.3, -0.25) is 4.79 Å². The second-order valence-electron chi connectivity index (χ2n) is 7.65. The number of benzene rings is 2. The van der Waals surface area contributed by atoms with Gasteiger partial charge in [-0.25, -0.2) is 0 Å². The average Bonchev–Trinajstić information content (AvgIpc) is 2.63. The molecule has 1 atom stereocenters. The number of alkyl halides is 3. The van der Waals surface area contributed by atoms with Gasteiger partial charge in [0, 0.05) is 12.0 Å². The molecule has 0 amide bonds. The van der Waals surface area contributed by atoms with Crippen LogP contribution in [0.5, 0.6) is 5.75 Å². The van der Waals surface area contributed by atoms with Gasteiger partial charge in [0.2, 0.25) is 0 Å². The molecule has 2 aromatic carbocycles. The molecule has 7 heteroatoms. The quantitative estimate of drug-likeness (QED) is 0.618. The fourth-order valence-electron chi connectivity index (χ4n) is 2.68. The third-order valence-corrected chi connectivity index (χ3v) is 4.02. The van der Waals surface area contributed by atoms with Crippen molar-refractivity contribution in [3.8, 4) is 5.75 Å². The predicted molar refractivity (Wildman–Crippen MR) is 102 cm³/mol. The lowest BCUT2D eigenvalue weighted by Gasteiger charge is -2.20. The first-order valence-electron chi connectivity index (χ1n) is 9.23. The SMILES string of the molecule is CC(C)(C)OC(=O)CCC(O)c1ccc(OCc2ccccc2C(F)(F)F)cc1. The summed E-state index contributed by atoms with van der Waals surface area (Å²) in [5.41, 5.74) is -0.682. The lowest BCUT2D eigenvalue weighted by Crippen LogP contribution is -2.24. The lowest BCUT2D eigenvalue weighted by molar-refractivity contribution is -0.155. The van der Waals surface area contributed by atoms with Gasteiger partial charge in [-0.1, -0.05) is 30.3 Å². The minimum Gasteiger partial charge on any atom is -0.489 e. The topological polar surface area (TPSA) is 55.8 Å². The van der Waals surface area contributed by atoms with E-state index >= 15 is 0 Å². The molecule has 1 N–H and O–H groups in total. The van der Waals surface area contributed by atoms with Gasteiger partial charge in [-0.15, -0.1) is 0 Å². The number of halogens is 3. The van der Waals surface area contributed by atoms with Crippen LogP contribution in [0.25, 0.3) is 0 Å². The van der Waals surface area contributed by atoms with Crippen molar-refractivity contribution in [3.63, 3.8) is 0 Å². The number of carbonyl (C=O) groups excluding carboxylic acids is 1. The van der Waals surface area contributed by atoms with E-state index in [4.69, 9.17) is 9.47 Å². The van der Waals surface area contributed by atoms with Gasteiger partial charge < -0.3 is 14.6 Å². The van der Waals surface area contributed by atoms with Crippen LogP contribution >= 0.6 is 0 Å².